The Kier molecular flexibility index (Phi) is 5.61. The zero-order valence-electron chi connectivity index (χ0n) is 16.8. The lowest BCUT2D eigenvalue weighted by molar-refractivity contribution is -0.143. The van der Waals surface area contributed by atoms with E-state index in [1.54, 1.807) is 30.3 Å². The second-order valence-corrected chi connectivity index (χ2v) is 6.95. The fraction of sp³-hybridized carbons (Fsp3) is 0.130. The number of nitrogens with zero attached hydrogens (tertiary/aromatic N) is 2. The van der Waals surface area contributed by atoms with Crippen LogP contribution in [-0.4, -0.2) is 17.1 Å². The Morgan fingerprint density at radius 1 is 0.818 bits per heavy atom. The summed E-state index contributed by atoms with van der Waals surface area (Å²) in [7, 11) is 1.47. The second kappa shape index (κ2) is 8.27. The Morgan fingerprint density at radius 3 is 2.12 bits per heavy atom. The summed E-state index contributed by atoms with van der Waals surface area (Å²) in [5, 5.41) is 0. The maximum atomic E-state index is 13.3. The van der Waals surface area contributed by atoms with Crippen molar-refractivity contribution < 1.29 is 35.5 Å². The number of hydrogen-bond acceptors (Lipinski definition) is 4. The number of rotatable bonds is 4. The average molecular weight is 464 g/mol. The van der Waals surface area contributed by atoms with Crippen LogP contribution in [0.1, 0.15) is 11.1 Å². The number of benzene rings is 2. The SMILES string of the molecule is COc1ccccc1-c1ccncc1-c1ncoc1-c1cc(C(F)(F)F)cc(C(F)(F)F)c1. The largest absolute Gasteiger partial charge is 0.496 e. The van der Waals surface area contributed by atoms with Gasteiger partial charge in [-0.25, -0.2) is 4.98 Å². The lowest BCUT2D eigenvalue weighted by Crippen LogP contribution is -2.11. The zero-order chi connectivity index (χ0) is 23.8. The molecule has 0 spiro atoms. The molecule has 0 unspecified atom stereocenters. The number of pyridine rings is 1. The van der Waals surface area contributed by atoms with Gasteiger partial charge >= 0.3 is 12.4 Å². The predicted molar refractivity (Wildman–Crippen MR) is 107 cm³/mol. The third-order valence-corrected chi connectivity index (χ3v) is 4.89. The van der Waals surface area contributed by atoms with E-state index in [0.717, 1.165) is 6.39 Å². The smallest absolute Gasteiger partial charge is 0.416 e. The van der Waals surface area contributed by atoms with Gasteiger partial charge in [0, 0.05) is 29.1 Å². The van der Waals surface area contributed by atoms with Crippen molar-refractivity contribution in [3.8, 4) is 39.5 Å². The first-order valence-electron chi connectivity index (χ1n) is 9.40. The van der Waals surface area contributed by atoms with E-state index in [-0.39, 0.29) is 17.5 Å². The van der Waals surface area contributed by atoms with Crippen molar-refractivity contribution in [1.82, 2.24) is 9.97 Å². The Balaban J connectivity index is 1.93. The molecule has 0 bridgehead atoms. The van der Waals surface area contributed by atoms with Crippen LogP contribution in [0.2, 0.25) is 0 Å². The number of aromatic nitrogens is 2. The zero-order valence-corrected chi connectivity index (χ0v) is 16.8. The highest BCUT2D eigenvalue weighted by atomic mass is 19.4. The molecule has 0 amide bonds. The van der Waals surface area contributed by atoms with Crippen LogP contribution in [0.5, 0.6) is 5.75 Å². The van der Waals surface area contributed by atoms with Crippen LogP contribution >= 0.6 is 0 Å². The summed E-state index contributed by atoms with van der Waals surface area (Å²) in [6.45, 7) is 0. The van der Waals surface area contributed by atoms with E-state index in [9.17, 15) is 26.3 Å². The van der Waals surface area contributed by atoms with Crippen molar-refractivity contribution in [2.24, 2.45) is 0 Å². The lowest BCUT2D eigenvalue weighted by Gasteiger charge is -2.15. The van der Waals surface area contributed by atoms with Crippen LogP contribution in [0.25, 0.3) is 33.7 Å². The molecule has 0 saturated carbocycles. The van der Waals surface area contributed by atoms with Gasteiger partial charge in [0.2, 0.25) is 0 Å². The summed E-state index contributed by atoms with van der Waals surface area (Å²) in [6, 6.07) is 9.87. The van der Waals surface area contributed by atoms with Gasteiger partial charge in [0.05, 0.1) is 18.2 Å². The minimum Gasteiger partial charge on any atom is -0.496 e. The summed E-state index contributed by atoms with van der Waals surface area (Å²) in [6.07, 6.45) is -6.13. The quantitative estimate of drug-likeness (QED) is 0.302. The molecule has 0 N–H and O–H groups in total. The fourth-order valence-electron chi connectivity index (χ4n) is 3.41. The van der Waals surface area contributed by atoms with Crippen LogP contribution in [0.3, 0.4) is 0 Å². The number of para-hydroxylation sites is 1. The monoisotopic (exact) mass is 464 g/mol. The molecule has 0 aliphatic rings. The van der Waals surface area contributed by atoms with Gasteiger partial charge in [-0.15, -0.1) is 0 Å². The van der Waals surface area contributed by atoms with Gasteiger partial charge in [-0.05, 0) is 35.9 Å². The van der Waals surface area contributed by atoms with Gasteiger partial charge in [-0.2, -0.15) is 26.3 Å². The van der Waals surface area contributed by atoms with Gasteiger partial charge in [-0.3, -0.25) is 4.98 Å². The number of methoxy groups -OCH3 is 1. The number of hydrogen-bond donors (Lipinski definition) is 0. The molecule has 2 heterocycles. The summed E-state index contributed by atoms with van der Waals surface area (Å²) in [5.74, 6) is 0.254. The van der Waals surface area contributed by atoms with Crippen LogP contribution in [0.15, 0.2) is 71.7 Å². The van der Waals surface area contributed by atoms with Gasteiger partial charge in [-0.1, -0.05) is 18.2 Å². The highest BCUT2D eigenvalue weighted by Gasteiger charge is 2.37. The molecule has 170 valence electrons. The highest BCUT2D eigenvalue weighted by molar-refractivity contribution is 5.89. The maximum Gasteiger partial charge on any atom is 0.416 e. The Hall–Kier alpha value is -3.82. The fourth-order valence-corrected chi connectivity index (χ4v) is 3.41. The molecule has 10 heteroatoms. The lowest BCUT2D eigenvalue weighted by atomic mass is 9.95. The van der Waals surface area contributed by atoms with Gasteiger partial charge in [0.1, 0.15) is 11.4 Å². The Labute approximate surface area is 183 Å². The number of ether oxygens (including phenoxy) is 1. The molecule has 4 aromatic rings. The van der Waals surface area contributed by atoms with Crippen molar-refractivity contribution in [3.05, 3.63) is 78.4 Å². The van der Waals surface area contributed by atoms with E-state index in [1.807, 2.05) is 0 Å². The molecule has 4 nitrogen and oxygen atoms in total. The normalized spacial score (nSPS) is 12.1. The van der Waals surface area contributed by atoms with Crippen LogP contribution in [0.4, 0.5) is 26.3 Å². The minimum absolute atomic E-state index is 0.0384. The molecule has 2 aromatic carbocycles. The molecule has 0 aliphatic carbocycles. The molecule has 0 saturated heterocycles. The molecule has 2 aromatic heterocycles. The van der Waals surface area contributed by atoms with E-state index in [0.29, 0.717) is 34.6 Å². The van der Waals surface area contributed by atoms with Gasteiger partial charge in [0.15, 0.2) is 12.2 Å². The predicted octanol–water partition coefficient (Wildman–Crippen LogP) is 7.12. The van der Waals surface area contributed by atoms with Crippen LogP contribution in [-0.2, 0) is 12.4 Å². The first-order chi connectivity index (χ1) is 15.6. The minimum atomic E-state index is -4.99. The van der Waals surface area contributed by atoms with Gasteiger partial charge in [0.25, 0.3) is 0 Å². The van der Waals surface area contributed by atoms with Crippen LogP contribution < -0.4 is 4.74 Å². The number of alkyl halides is 6. The van der Waals surface area contributed by atoms with Crippen molar-refractivity contribution in [1.29, 1.82) is 0 Å². The first kappa shape index (κ1) is 22.4. The number of halogens is 6. The molecule has 0 aliphatic heterocycles. The first-order valence-corrected chi connectivity index (χ1v) is 9.40. The van der Waals surface area contributed by atoms with E-state index in [2.05, 4.69) is 9.97 Å². The molecule has 0 radical (unpaired) electrons. The molecular formula is C23H14F6N2O2. The average Bonchev–Trinajstić information content (AvgIpc) is 3.27. The summed E-state index contributed by atoms with van der Waals surface area (Å²) < 4.78 is 90.7. The summed E-state index contributed by atoms with van der Waals surface area (Å²) in [4.78, 5) is 8.13. The molecular weight excluding hydrogens is 450 g/mol. The maximum absolute atomic E-state index is 13.3. The number of oxazole rings is 1. The molecule has 0 atom stereocenters. The van der Waals surface area contributed by atoms with E-state index < -0.39 is 29.0 Å². The summed E-state index contributed by atoms with van der Waals surface area (Å²) >= 11 is 0. The van der Waals surface area contributed by atoms with Crippen molar-refractivity contribution >= 4 is 0 Å². The van der Waals surface area contributed by atoms with Crippen molar-refractivity contribution in [2.75, 3.05) is 7.11 Å². The van der Waals surface area contributed by atoms with Crippen LogP contribution in [0, 0.1) is 0 Å². The summed E-state index contributed by atoms with van der Waals surface area (Å²) in [5.41, 5.74) is -1.75. The molecule has 0 fully saturated rings. The van der Waals surface area contributed by atoms with Gasteiger partial charge < -0.3 is 9.15 Å². The Morgan fingerprint density at radius 2 is 1.48 bits per heavy atom. The van der Waals surface area contributed by atoms with Crippen molar-refractivity contribution in [2.45, 2.75) is 12.4 Å². The third-order valence-electron chi connectivity index (χ3n) is 4.89. The molecule has 4 rings (SSSR count). The molecule has 33 heavy (non-hydrogen) atoms. The van der Waals surface area contributed by atoms with Crippen molar-refractivity contribution in [3.63, 3.8) is 0 Å². The van der Waals surface area contributed by atoms with E-state index in [4.69, 9.17) is 9.15 Å². The standard InChI is InChI=1S/C23H14F6N2O2/c1-32-19-5-3-2-4-17(19)16-6-7-30-11-18(16)20-21(33-12-31-20)13-8-14(22(24,25)26)10-15(9-13)23(27,28)29/h2-12H,1H3. The van der Waals surface area contributed by atoms with E-state index in [1.165, 1.54) is 19.5 Å². The second-order valence-electron chi connectivity index (χ2n) is 6.95. The Bertz CT molecular complexity index is 1260. The topological polar surface area (TPSA) is 48.2 Å². The highest BCUT2D eigenvalue weighted by Crippen LogP contribution is 2.43. The van der Waals surface area contributed by atoms with E-state index >= 15 is 0 Å². The third kappa shape index (κ3) is 4.41.